The zero-order valence-corrected chi connectivity index (χ0v) is 11.7. The van der Waals surface area contributed by atoms with Crippen molar-refractivity contribution in [3.63, 3.8) is 0 Å². The van der Waals surface area contributed by atoms with E-state index in [1.54, 1.807) is 12.1 Å². The fraction of sp³-hybridized carbons (Fsp3) is 0.200. The summed E-state index contributed by atoms with van der Waals surface area (Å²) < 4.78 is 5.69. The smallest absolute Gasteiger partial charge is 0.294 e. The van der Waals surface area contributed by atoms with Gasteiger partial charge in [-0.3, -0.25) is 16.0 Å². The molecule has 0 saturated heterocycles. The number of nitro benzene ring substituents is 1. The molecular formula is C15H17N3O3. The summed E-state index contributed by atoms with van der Waals surface area (Å²) in [7, 11) is 0. The predicted molar refractivity (Wildman–Crippen MR) is 81.1 cm³/mol. The van der Waals surface area contributed by atoms with Crippen molar-refractivity contribution in [3.05, 3.63) is 63.7 Å². The van der Waals surface area contributed by atoms with Crippen LogP contribution in [0.3, 0.4) is 0 Å². The molecule has 3 N–H and O–H groups in total. The van der Waals surface area contributed by atoms with Gasteiger partial charge in [-0.15, -0.1) is 0 Å². The van der Waals surface area contributed by atoms with Crippen LogP contribution in [0.5, 0.6) is 5.75 Å². The molecule has 0 radical (unpaired) electrons. The van der Waals surface area contributed by atoms with Gasteiger partial charge in [-0.05, 0) is 24.1 Å². The van der Waals surface area contributed by atoms with Crippen LogP contribution in [0, 0.1) is 10.1 Å². The van der Waals surface area contributed by atoms with E-state index in [1.165, 1.54) is 11.6 Å². The van der Waals surface area contributed by atoms with Crippen LogP contribution in [-0.2, 0) is 13.0 Å². The maximum Gasteiger partial charge on any atom is 0.294 e. The molecule has 0 amide bonds. The van der Waals surface area contributed by atoms with E-state index in [0.29, 0.717) is 5.56 Å². The summed E-state index contributed by atoms with van der Waals surface area (Å²) in [6, 6.07) is 12.5. The number of para-hydroxylation sites is 1. The fourth-order valence-electron chi connectivity index (χ4n) is 2.04. The monoisotopic (exact) mass is 287 g/mol. The Hall–Kier alpha value is -2.60. The zero-order valence-electron chi connectivity index (χ0n) is 11.7. The third-order valence-corrected chi connectivity index (χ3v) is 3.17. The molecule has 6 nitrogen and oxygen atoms in total. The summed E-state index contributed by atoms with van der Waals surface area (Å²) in [6.45, 7) is 2.27. The maximum atomic E-state index is 11.0. The van der Waals surface area contributed by atoms with E-state index in [-0.39, 0.29) is 18.0 Å². The lowest BCUT2D eigenvalue weighted by Gasteiger charge is -2.11. The van der Waals surface area contributed by atoms with Gasteiger partial charge in [0, 0.05) is 11.6 Å². The molecule has 0 aliphatic heterocycles. The van der Waals surface area contributed by atoms with Crippen molar-refractivity contribution < 1.29 is 9.66 Å². The number of nitro groups is 1. The summed E-state index contributed by atoms with van der Waals surface area (Å²) in [4.78, 5) is 10.5. The number of hydrogen-bond acceptors (Lipinski definition) is 5. The number of aryl methyl sites for hydroxylation is 1. The molecule has 0 spiro atoms. The summed E-state index contributed by atoms with van der Waals surface area (Å²) in [6.07, 6.45) is 0.920. The van der Waals surface area contributed by atoms with Gasteiger partial charge in [-0.1, -0.05) is 31.2 Å². The highest BCUT2D eigenvalue weighted by Crippen LogP contribution is 2.28. The highest BCUT2D eigenvalue weighted by molar-refractivity contribution is 5.65. The number of rotatable bonds is 6. The minimum absolute atomic E-state index is 0.0686. The Morgan fingerprint density at radius 3 is 2.71 bits per heavy atom. The third kappa shape index (κ3) is 3.49. The van der Waals surface area contributed by atoms with E-state index < -0.39 is 4.92 Å². The van der Waals surface area contributed by atoms with E-state index in [1.807, 2.05) is 24.3 Å². The molecule has 0 atom stereocenters. The molecule has 0 bridgehead atoms. The summed E-state index contributed by atoms with van der Waals surface area (Å²) in [5.74, 6) is 6.12. The van der Waals surface area contributed by atoms with Crippen LogP contribution in [-0.4, -0.2) is 4.92 Å². The van der Waals surface area contributed by atoms with Crippen LogP contribution in [0.1, 0.15) is 18.1 Å². The van der Waals surface area contributed by atoms with Gasteiger partial charge in [-0.25, -0.2) is 0 Å². The molecule has 0 aromatic heterocycles. The second-order valence-corrected chi connectivity index (χ2v) is 4.50. The lowest BCUT2D eigenvalue weighted by atomic mass is 10.1. The molecule has 0 unspecified atom stereocenters. The molecule has 0 heterocycles. The predicted octanol–water partition coefficient (Wildman–Crippen LogP) is 3.02. The molecule has 2 aromatic carbocycles. The van der Waals surface area contributed by atoms with E-state index in [9.17, 15) is 10.1 Å². The van der Waals surface area contributed by atoms with Crippen molar-refractivity contribution in [1.29, 1.82) is 0 Å². The number of anilines is 1. The zero-order chi connectivity index (χ0) is 15.2. The van der Waals surface area contributed by atoms with Crippen LogP contribution in [0.15, 0.2) is 42.5 Å². The van der Waals surface area contributed by atoms with Crippen LogP contribution in [0.25, 0.3) is 0 Å². The Morgan fingerprint density at radius 1 is 1.29 bits per heavy atom. The molecule has 2 aromatic rings. The number of ether oxygens (including phenoxy) is 1. The summed E-state index contributed by atoms with van der Waals surface area (Å²) >= 11 is 0. The molecule has 0 saturated carbocycles. The van der Waals surface area contributed by atoms with Gasteiger partial charge >= 0.3 is 0 Å². The van der Waals surface area contributed by atoms with Crippen molar-refractivity contribution in [3.8, 4) is 5.75 Å². The van der Waals surface area contributed by atoms with Gasteiger partial charge < -0.3 is 10.2 Å². The minimum Gasteiger partial charge on any atom is -0.489 e. The van der Waals surface area contributed by atoms with Crippen molar-refractivity contribution >= 4 is 11.4 Å². The van der Waals surface area contributed by atoms with Crippen molar-refractivity contribution in [1.82, 2.24) is 0 Å². The Labute approximate surface area is 122 Å². The SMILES string of the molecule is CCc1cccc(OCc2cccc([N+](=O)[O-])c2NN)c1. The first-order valence-electron chi connectivity index (χ1n) is 6.60. The number of nitrogens with one attached hydrogen (secondary N) is 1. The largest absolute Gasteiger partial charge is 0.489 e. The Morgan fingerprint density at radius 2 is 2.05 bits per heavy atom. The first kappa shape index (κ1) is 14.8. The molecule has 6 heteroatoms. The summed E-state index contributed by atoms with van der Waals surface area (Å²) in [5, 5.41) is 11.0. The molecular weight excluding hydrogens is 270 g/mol. The van der Waals surface area contributed by atoms with Crippen molar-refractivity contribution in [2.24, 2.45) is 5.84 Å². The fourth-order valence-corrected chi connectivity index (χ4v) is 2.04. The number of nitrogens with two attached hydrogens (primary N) is 1. The Balaban J connectivity index is 2.19. The molecule has 110 valence electrons. The van der Waals surface area contributed by atoms with Gasteiger partial charge in [0.1, 0.15) is 18.0 Å². The molecule has 0 aliphatic carbocycles. The normalized spacial score (nSPS) is 10.2. The second kappa shape index (κ2) is 6.71. The molecule has 0 fully saturated rings. The third-order valence-electron chi connectivity index (χ3n) is 3.17. The molecule has 2 rings (SSSR count). The number of nitrogens with zero attached hydrogens (tertiary/aromatic N) is 1. The van der Waals surface area contributed by atoms with Crippen LogP contribution < -0.4 is 16.0 Å². The van der Waals surface area contributed by atoms with Gasteiger partial charge in [-0.2, -0.15) is 0 Å². The van der Waals surface area contributed by atoms with Gasteiger partial charge in [0.25, 0.3) is 5.69 Å². The lowest BCUT2D eigenvalue weighted by molar-refractivity contribution is -0.384. The number of hydrazine groups is 1. The van der Waals surface area contributed by atoms with E-state index in [0.717, 1.165) is 12.2 Å². The Bertz CT molecular complexity index is 644. The average Bonchev–Trinajstić information content (AvgIpc) is 2.52. The summed E-state index contributed by atoms with van der Waals surface area (Å²) in [5.41, 5.74) is 4.39. The number of benzene rings is 2. The molecule has 0 aliphatic rings. The minimum atomic E-state index is -0.476. The lowest BCUT2D eigenvalue weighted by Crippen LogP contribution is -2.12. The average molecular weight is 287 g/mol. The van der Waals surface area contributed by atoms with Crippen LogP contribution >= 0.6 is 0 Å². The Kier molecular flexibility index (Phi) is 4.73. The van der Waals surface area contributed by atoms with Crippen molar-refractivity contribution in [2.45, 2.75) is 20.0 Å². The van der Waals surface area contributed by atoms with E-state index in [2.05, 4.69) is 12.3 Å². The number of nitrogen functional groups attached to an aromatic ring is 1. The maximum absolute atomic E-state index is 11.0. The quantitative estimate of drug-likeness (QED) is 0.484. The molecule has 21 heavy (non-hydrogen) atoms. The highest BCUT2D eigenvalue weighted by Gasteiger charge is 2.16. The topological polar surface area (TPSA) is 90.4 Å². The highest BCUT2D eigenvalue weighted by atomic mass is 16.6. The standard InChI is InChI=1S/C15H17N3O3/c1-2-11-5-3-7-13(9-11)21-10-12-6-4-8-14(18(19)20)15(12)17-16/h3-9,17H,2,10,16H2,1H3. The first-order chi connectivity index (χ1) is 10.2. The van der Waals surface area contributed by atoms with Crippen LogP contribution in [0.4, 0.5) is 11.4 Å². The first-order valence-corrected chi connectivity index (χ1v) is 6.60. The van der Waals surface area contributed by atoms with Crippen LogP contribution in [0.2, 0.25) is 0 Å². The van der Waals surface area contributed by atoms with Crippen molar-refractivity contribution in [2.75, 3.05) is 5.43 Å². The van der Waals surface area contributed by atoms with Gasteiger partial charge in [0.05, 0.1) is 4.92 Å². The van der Waals surface area contributed by atoms with E-state index >= 15 is 0 Å². The van der Waals surface area contributed by atoms with E-state index in [4.69, 9.17) is 10.6 Å². The number of hydrogen-bond donors (Lipinski definition) is 2. The van der Waals surface area contributed by atoms with Gasteiger partial charge in [0.15, 0.2) is 0 Å². The van der Waals surface area contributed by atoms with Gasteiger partial charge in [0.2, 0.25) is 0 Å². The second-order valence-electron chi connectivity index (χ2n) is 4.50.